The molecule has 2 aliphatic rings. The van der Waals surface area contributed by atoms with Gasteiger partial charge in [-0.25, -0.2) is 0 Å². The zero-order valence-electron chi connectivity index (χ0n) is 12.8. The van der Waals surface area contributed by atoms with E-state index >= 15 is 0 Å². The van der Waals surface area contributed by atoms with Crippen molar-refractivity contribution in [1.29, 1.82) is 0 Å². The zero-order chi connectivity index (χ0) is 14.3. The lowest BCUT2D eigenvalue weighted by atomic mass is 9.59. The van der Waals surface area contributed by atoms with Crippen LogP contribution in [0.5, 0.6) is 0 Å². The number of rotatable bonds is 8. The van der Waals surface area contributed by atoms with E-state index in [0.29, 0.717) is 13.2 Å². The summed E-state index contributed by atoms with van der Waals surface area (Å²) in [5.41, 5.74) is 0.0621. The predicted octanol–water partition coefficient (Wildman–Crippen LogP) is 2.53. The Bertz CT molecular complexity index is 261. The van der Waals surface area contributed by atoms with Crippen molar-refractivity contribution in [3.8, 4) is 0 Å². The third-order valence-corrected chi connectivity index (χ3v) is 4.96. The number of hydrogen-bond acceptors (Lipinski definition) is 4. The molecular weight excluding hydrogens is 256 g/mol. The Balaban J connectivity index is 1.63. The Kier molecular flexibility index (Phi) is 6.75. The summed E-state index contributed by atoms with van der Waals surface area (Å²) in [7, 11) is 1.71. The molecule has 0 amide bonds. The van der Waals surface area contributed by atoms with E-state index in [1.54, 1.807) is 7.11 Å². The molecular formula is C16H30O4. The van der Waals surface area contributed by atoms with Gasteiger partial charge in [0, 0.05) is 32.2 Å². The second kappa shape index (κ2) is 8.32. The molecule has 2 atom stereocenters. The lowest BCUT2D eigenvalue weighted by Gasteiger charge is -2.53. The van der Waals surface area contributed by atoms with E-state index in [1.165, 1.54) is 25.7 Å². The summed E-state index contributed by atoms with van der Waals surface area (Å²) in [6, 6.07) is 0. The molecule has 1 spiro atoms. The third-order valence-electron chi connectivity index (χ3n) is 4.96. The van der Waals surface area contributed by atoms with Crippen molar-refractivity contribution < 1.29 is 19.3 Å². The van der Waals surface area contributed by atoms with Crippen LogP contribution in [0.25, 0.3) is 0 Å². The van der Waals surface area contributed by atoms with E-state index in [-0.39, 0.29) is 17.6 Å². The van der Waals surface area contributed by atoms with Crippen LogP contribution in [0.4, 0.5) is 0 Å². The molecule has 0 aromatic heterocycles. The SMILES string of the molecule is COCCCOCCOC1CC(O)C12CCCCCC2. The molecule has 1 N–H and O–H groups in total. The average molecular weight is 286 g/mol. The second-order valence-electron chi connectivity index (χ2n) is 6.22. The number of methoxy groups -OCH3 is 1. The number of aliphatic hydroxyl groups is 1. The van der Waals surface area contributed by atoms with Gasteiger partial charge >= 0.3 is 0 Å². The summed E-state index contributed by atoms with van der Waals surface area (Å²) in [4.78, 5) is 0. The standard InChI is InChI=1S/C16H30O4/c1-18-9-6-10-19-11-12-20-15-13-14(17)16(15)7-4-2-3-5-8-16/h14-15,17H,2-13H2,1H3. The summed E-state index contributed by atoms with van der Waals surface area (Å²) in [5, 5.41) is 10.2. The second-order valence-corrected chi connectivity index (χ2v) is 6.22. The smallest absolute Gasteiger partial charge is 0.0704 e. The predicted molar refractivity (Wildman–Crippen MR) is 77.8 cm³/mol. The van der Waals surface area contributed by atoms with Crippen molar-refractivity contribution in [2.45, 2.75) is 63.6 Å². The summed E-state index contributed by atoms with van der Waals surface area (Å²) in [5.74, 6) is 0. The van der Waals surface area contributed by atoms with Crippen LogP contribution in [0.3, 0.4) is 0 Å². The highest BCUT2D eigenvalue weighted by atomic mass is 16.5. The van der Waals surface area contributed by atoms with Crippen molar-refractivity contribution in [3.05, 3.63) is 0 Å². The maximum Gasteiger partial charge on any atom is 0.0704 e. The van der Waals surface area contributed by atoms with Crippen LogP contribution in [-0.2, 0) is 14.2 Å². The minimum atomic E-state index is -0.145. The molecule has 0 aromatic rings. The minimum absolute atomic E-state index is 0.0621. The molecule has 4 nitrogen and oxygen atoms in total. The van der Waals surface area contributed by atoms with Gasteiger partial charge in [0.25, 0.3) is 0 Å². The van der Waals surface area contributed by atoms with Gasteiger partial charge in [-0.3, -0.25) is 0 Å². The minimum Gasteiger partial charge on any atom is -0.392 e. The molecule has 20 heavy (non-hydrogen) atoms. The van der Waals surface area contributed by atoms with Gasteiger partial charge in [-0.2, -0.15) is 0 Å². The highest BCUT2D eigenvalue weighted by Crippen LogP contribution is 2.52. The Labute approximate surface area is 122 Å². The van der Waals surface area contributed by atoms with Gasteiger partial charge in [0.15, 0.2) is 0 Å². The Morgan fingerprint density at radius 2 is 1.75 bits per heavy atom. The first-order valence-corrected chi connectivity index (χ1v) is 8.16. The van der Waals surface area contributed by atoms with Gasteiger partial charge in [-0.05, 0) is 19.3 Å². The number of hydrogen-bond donors (Lipinski definition) is 1. The monoisotopic (exact) mass is 286 g/mol. The molecule has 0 aromatic carbocycles. The topological polar surface area (TPSA) is 47.9 Å². The molecule has 118 valence electrons. The molecule has 2 unspecified atom stereocenters. The van der Waals surface area contributed by atoms with Crippen LogP contribution in [0.1, 0.15) is 51.4 Å². The van der Waals surface area contributed by atoms with Crippen molar-refractivity contribution in [3.63, 3.8) is 0 Å². The van der Waals surface area contributed by atoms with Crippen LogP contribution in [0.2, 0.25) is 0 Å². The van der Waals surface area contributed by atoms with Crippen molar-refractivity contribution in [2.24, 2.45) is 5.41 Å². The normalized spacial score (nSPS) is 29.1. The van der Waals surface area contributed by atoms with Gasteiger partial charge in [0.1, 0.15) is 0 Å². The summed E-state index contributed by atoms with van der Waals surface area (Å²) < 4.78 is 16.5. The van der Waals surface area contributed by atoms with Gasteiger partial charge < -0.3 is 19.3 Å². The first kappa shape index (κ1) is 16.2. The fraction of sp³-hybridized carbons (Fsp3) is 1.00. The zero-order valence-corrected chi connectivity index (χ0v) is 12.8. The fourth-order valence-electron chi connectivity index (χ4n) is 3.66. The highest BCUT2D eigenvalue weighted by molar-refractivity contribution is 5.04. The largest absolute Gasteiger partial charge is 0.392 e. The fourth-order valence-corrected chi connectivity index (χ4v) is 3.66. The average Bonchev–Trinajstić information content (AvgIpc) is 2.73. The Morgan fingerprint density at radius 1 is 1.00 bits per heavy atom. The van der Waals surface area contributed by atoms with E-state index in [4.69, 9.17) is 14.2 Å². The van der Waals surface area contributed by atoms with Crippen LogP contribution in [0, 0.1) is 5.41 Å². The molecule has 2 aliphatic carbocycles. The van der Waals surface area contributed by atoms with Crippen molar-refractivity contribution in [2.75, 3.05) is 33.5 Å². The highest BCUT2D eigenvalue weighted by Gasteiger charge is 2.54. The summed E-state index contributed by atoms with van der Waals surface area (Å²) in [6.45, 7) is 2.77. The van der Waals surface area contributed by atoms with Gasteiger partial charge in [-0.1, -0.05) is 25.7 Å². The summed E-state index contributed by atoms with van der Waals surface area (Å²) >= 11 is 0. The first-order chi connectivity index (χ1) is 9.79. The van der Waals surface area contributed by atoms with Crippen LogP contribution in [-0.4, -0.2) is 50.9 Å². The molecule has 0 radical (unpaired) electrons. The molecule has 0 bridgehead atoms. The molecule has 0 saturated heterocycles. The molecule has 0 aliphatic heterocycles. The first-order valence-electron chi connectivity index (χ1n) is 8.16. The number of ether oxygens (including phenoxy) is 3. The van der Waals surface area contributed by atoms with Crippen molar-refractivity contribution >= 4 is 0 Å². The van der Waals surface area contributed by atoms with Gasteiger partial charge in [0.2, 0.25) is 0 Å². The lowest BCUT2D eigenvalue weighted by Crippen LogP contribution is -2.58. The maximum absolute atomic E-state index is 10.2. The van der Waals surface area contributed by atoms with Crippen LogP contribution >= 0.6 is 0 Å². The van der Waals surface area contributed by atoms with E-state index in [9.17, 15) is 5.11 Å². The maximum atomic E-state index is 10.2. The molecule has 2 saturated carbocycles. The third kappa shape index (κ3) is 3.94. The molecule has 2 fully saturated rings. The Morgan fingerprint density at radius 3 is 2.40 bits per heavy atom. The van der Waals surface area contributed by atoms with Crippen molar-refractivity contribution in [1.82, 2.24) is 0 Å². The van der Waals surface area contributed by atoms with Gasteiger partial charge in [-0.15, -0.1) is 0 Å². The van der Waals surface area contributed by atoms with Crippen LogP contribution < -0.4 is 0 Å². The Hall–Kier alpha value is -0.160. The quantitative estimate of drug-likeness (QED) is 0.697. The molecule has 0 heterocycles. The lowest BCUT2D eigenvalue weighted by molar-refractivity contribution is -0.202. The number of aliphatic hydroxyl groups excluding tert-OH is 1. The van der Waals surface area contributed by atoms with Gasteiger partial charge in [0.05, 0.1) is 25.4 Å². The summed E-state index contributed by atoms with van der Waals surface area (Å²) in [6.07, 6.45) is 9.21. The molecule has 2 rings (SSSR count). The van der Waals surface area contributed by atoms with E-state index in [2.05, 4.69) is 0 Å². The van der Waals surface area contributed by atoms with E-state index in [0.717, 1.165) is 38.9 Å². The van der Waals surface area contributed by atoms with Crippen LogP contribution in [0.15, 0.2) is 0 Å². The molecule has 4 heteroatoms. The van der Waals surface area contributed by atoms with E-state index in [1.807, 2.05) is 0 Å². The van der Waals surface area contributed by atoms with E-state index < -0.39 is 0 Å².